The second kappa shape index (κ2) is 6.11. The van der Waals surface area contributed by atoms with E-state index in [1.807, 2.05) is 0 Å². The summed E-state index contributed by atoms with van der Waals surface area (Å²) < 4.78 is 70.8. The SMILES string of the molecule is O=S(=O)(F)OOC1CNCCN1OOS(=O)(=O)F. The predicted molar refractivity (Wildman–Crippen MR) is 47.8 cm³/mol. The van der Waals surface area contributed by atoms with Crippen LogP contribution >= 0.6 is 0 Å². The van der Waals surface area contributed by atoms with Gasteiger partial charge in [-0.15, -0.1) is 10.1 Å². The van der Waals surface area contributed by atoms with E-state index in [1.165, 1.54) is 0 Å². The predicted octanol–water partition coefficient (Wildman–Crippen LogP) is -1.54. The zero-order chi connectivity index (χ0) is 13.8. The highest BCUT2D eigenvalue weighted by Gasteiger charge is 2.29. The third kappa shape index (κ3) is 6.45. The van der Waals surface area contributed by atoms with Gasteiger partial charge in [-0.25, -0.2) is 0 Å². The summed E-state index contributed by atoms with van der Waals surface area (Å²) >= 11 is 0. The first-order valence-corrected chi connectivity index (χ1v) is 6.87. The number of nitrogens with one attached hydrogen (secondary N) is 1. The maximum absolute atomic E-state index is 12.0. The van der Waals surface area contributed by atoms with Gasteiger partial charge in [-0.2, -0.15) is 21.7 Å². The van der Waals surface area contributed by atoms with Gasteiger partial charge < -0.3 is 5.32 Å². The van der Waals surface area contributed by atoms with Crippen molar-refractivity contribution in [3.8, 4) is 0 Å². The highest BCUT2D eigenvalue weighted by Crippen LogP contribution is 2.10. The van der Waals surface area contributed by atoms with Crippen LogP contribution in [0, 0.1) is 0 Å². The van der Waals surface area contributed by atoms with Crippen LogP contribution in [0.5, 0.6) is 0 Å². The average Bonchev–Trinajstić information content (AvgIpc) is 2.22. The zero-order valence-electron chi connectivity index (χ0n) is 8.48. The summed E-state index contributed by atoms with van der Waals surface area (Å²) in [6.45, 7) is 0.0685. The minimum atomic E-state index is -5.36. The van der Waals surface area contributed by atoms with Crippen molar-refractivity contribution in [2.45, 2.75) is 6.23 Å². The molecule has 1 aliphatic rings. The van der Waals surface area contributed by atoms with E-state index in [4.69, 9.17) is 0 Å². The summed E-state index contributed by atoms with van der Waals surface area (Å²) in [5.74, 6) is 0. The first-order valence-electron chi connectivity index (χ1n) is 4.25. The quantitative estimate of drug-likeness (QED) is 0.350. The molecule has 1 rings (SSSR count). The Bertz CT molecular complexity index is 421. The number of rotatable bonds is 6. The van der Waals surface area contributed by atoms with E-state index in [1.54, 1.807) is 0 Å². The van der Waals surface area contributed by atoms with E-state index in [-0.39, 0.29) is 19.6 Å². The van der Waals surface area contributed by atoms with Gasteiger partial charge in [-0.05, 0) is 0 Å². The van der Waals surface area contributed by atoms with Crippen molar-refractivity contribution in [1.82, 2.24) is 10.4 Å². The second-order valence-corrected chi connectivity index (χ2v) is 4.74. The Morgan fingerprint density at radius 1 is 1.11 bits per heavy atom. The molecule has 18 heavy (non-hydrogen) atoms. The monoisotopic (exact) mass is 314 g/mol. The van der Waals surface area contributed by atoms with E-state index < -0.39 is 27.2 Å². The molecule has 0 amide bonds. The van der Waals surface area contributed by atoms with E-state index in [2.05, 4.69) is 23.9 Å². The van der Waals surface area contributed by atoms with Crippen molar-refractivity contribution < 1.29 is 43.2 Å². The van der Waals surface area contributed by atoms with Crippen molar-refractivity contribution >= 4 is 21.0 Å². The molecule has 0 aromatic rings. The summed E-state index contributed by atoms with van der Waals surface area (Å²) in [5, 5.41) is 3.25. The van der Waals surface area contributed by atoms with Crippen molar-refractivity contribution in [2.24, 2.45) is 0 Å². The minimum absolute atomic E-state index is 0.0735. The van der Waals surface area contributed by atoms with Crippen LogP contribution in [0.3, 0.4) is 0 Å². The third-order valence-electron chi connectivity index (χ3n) is 1.59. The molecule has 1 unspecified atom stereocenters. The molecule has 1 aliphatic heterocycles. The van der Waals surface area contributed by atoms with Crippen molar-refractivity contribution in [2.75, 3.05) is 19.6 Å². The Balaban J connectivity index is 2.52. The van der Waals surface area contributed by atoms with Gasteiger partial charge in [0.05, 0.1) is 0 Å². The molecule has 1 fully saturated rings. The molecule has 0 saturated carbocycles. The highest BCUT2D eigenvalue weighted by atomic mass is 32.3. The Morgan fingerprint density at radius 3 is 2.28 bits per heavy atom. The topological polar surface area (TPSA) is 120 Å². The van der Waals surface area contributed by atoms with Gasteiger partial charge in [0, 0.05) is 19.6 Å². The summed E-state index contributed by atoms with van der Waals surface area (Å²) in [5.41, 5.74) is 0. The molecule has 1 saturated heterocycles. The third-order valence-corrected chi connectivity index (χ3v) is 2.05. The highest BCUT2D eigenvalue weighted by molar-refractivity contribution is 7.81. The largest absolute Gasteiger partial charge is 0.466 e. The lowest BCUT2D eigenvalue weighted by Gasteiger charge is -2.30. The average molecular weight is 314 g/mol. The van der Waals surface area contributed by atoms with Gasteiger partial charge >= 0.3 is 21.0 Å². The van der Waals surface area contributed by atoms with Crippen molar-refractivity contribution in [3.63, 3.8) is 0 Å². The smallest absolute Gasteiger partial charge is 0.311 e. The molecule has 0 radical (unpaired) electrons. The summed E-state index contributed by atoms with van der Waals surface area (Å²) in [6.07, 6.45) is -1.37. The minimum Gasteiger partial charge on any atom is -0.311 e. The van der Waals surface area contributed by atoms with Crippen LogP contribution < -0.4 is 5.32 Å². The Labute approximate surface area is 101 Å². The fraction of sp³-hybridized carbons (Fsp3) is 1.00. The van der Waals surface area contributed by atoms with Crippen LogP contribution in [-0.4, -0.2) is 47.8 Å². The maximum atomic E-state index is 12.0. The molecular weight excluding hydrogens is 306 g/mol. The lowest BCUT2D eigenvalue weighted by atomic mass is 10.4. The molecule has 1 atom stereocenters. The number of piperazine rings is 1. The Kier molecular flexibility index (Phi) is 5.29. The van der Waals surface area contributed by atoms with Gasteiger partial charge in [-0.3, -0.25) is 0 Å². The number of halogens is 2. The number of hydrogen-bond acceptors (Lipinski definition) is 10. The molecule has 108 valence electrons. The van der Waals surface area contributed by atoms with Crippen LogP contribution in [0.4, 0.5) is 7.77 Å². The molecule has 1 heterocycles. The van der Waals surface area contributed by atoms with E-state index in [9.17, 15) is 24.6 Å². The van der Waals surface area contributed by atoms with Crippen LogP contribution in [0.2, 0.25) is 0 Å². The summed E-state index contributed by atoms with van der Waals surface area (Å²) in [4.78, 5) is 8.14. The molecule has 0 bridgehead atoms. The van der Waals surface area contributed by atoms with E-state index >= 15 is 0 Å². The molecule has 10 nitrogen and oxygen atoms in total. The van der Waals surface area contributed by atoms with Gasteiger partial charge in [0.1, 0.15) is 0 Å². The fourth-order valence-electron chi connectivity index (χ4n) is 0.996. The standard InChI is InChI=1S/C4H8F2N2O8S2/c5-17(9,10)15-13-4-3-7-1-2-8(4)14-16-18(6,11)12/h4,7H,1-3H2. The fourth-order valence-corrected chi connectivity index (χ4v) is 1.33. The molecule has 0 aliphatic carbocycles. The van der Waals surface area contributed by atoms with Gasteiger partial charge in [0.2, 0.25) is 0 Å². The zero-order valence-corrected chi connectivity index (χ0v) is 10.1. The van der Waals surface area contributed by atoms with E-state index in [0.717, 1.165) is 0 Å². The van der Waals surface area contributed by atoms with Gasteiger partial charge in [0.15, 0.2) is 6.23 Å². The number of hydroxylamine groups is 2. The van der Waals surface area contributed by atoms with Gasteiger partial charge in [0.25, 0.3) is 0 Å². The Morgan fingerprint density at radius 2 is 1.72 bits per heavy atom. The van der Waals surface area contributed by atoms with Gasteiger partial charge in [-0.1, -0.05) is 16.4 Å². The molecule has 0 aromatic heterocycles. The molecular formula is C4H8F2N2O8S2. The molecule has 1 N–H and O–H groups in total. The molecule has 0 aromatic carbocycles. The normalized spacial score (nSPS) is 23.1. The lowest BCUT2D eigenvalue weighted by molar-refractivity contribution is -0.440. The molecule has 14 heteroatoms. The van der Waals surface area contributed by atoms with Crippen molar-refractivity contribution in [3.05, 3.63) is 0 Å². The first kappa shape index (κ1) is 15.6. The van der Waals surface area contributed by atoms with Crippen LogP contribution in [0.15, 0.2) is 0 Å². The number of hydrogen-bond donors (Lipinski definition) is 1. The van der Waals surface area contributed by atoms with E-state index in [0.29, 0.717) is 5.06 Å². The Hall–Kier alpha value is -0.480. The lowest BCUT2D eigenvalue weighted by Crippen LogP contribution is -2.52. The first-order chi connectivity index (χ1) is 8.17. The van der Waals surface area contributed by atoms with Crippen molar-refractivity contribution in [1.29, 1.82) is 0 Å². The van der Waals surface area contributed by atoms with Crippen LogP contribution in [-0.2, 0) is 39.6 Å². The second-order valence-electron chi connectivity index (χ2n) is 2.89. The van der Waals surface area contributed by atoms with Crippen LogP contribution in [0.1, 0.15) is 0 Å². The maximum Gasteiger partial charge on any atom is 0.466 e. The number of nitrogens with zero attached hydrogens (tertiary/aromatic N) is 1. The summed E-state index contributed by atoms with van der Waals surface area (Å²) in [6, 6.07) is 0. The summed E-state index contributed by atoms with van der Waals surface area (Å²) in [7, 11) is -10.7. The molecule has 0 spiro atoms. The van der Waals surface area contributed by atoms with Crippen LogP contribution in [0.25, 0.3) is 0 Å².